The Morgan fingerprint density at radius 2 is 1.46 bits per heavy atom. The van der Waals surface area contributed by atoms with E-state index in [0.717, 1.165) is 97.1 Å². The van der Waals surface area contributed by atoms with Crippen LogP contribution in [0.4, 0.5) is 17.1 Å². The number of aliphatic hydroxyl groups excluding tert-OH is 1. The molecule has 342 valence electrons. The lowest BCUT2D eigenvalue weighted by atomic mass is 9.32. The van der Waals surface area contributed by atoms with E-state index in [0.29, 0.717) is 36.2 Å². The molecule has 2 heterocycles. The summed E-state index contributed by atoms with van der Waals surface area (Å²) in [5.41, 5.74) is 8.54. The number of hydrogen-bond donors (Lipinski definition) is 1. The molecule has 0 aliphatic heterocycles. The zero-order valence-corrected chi connectivity index (χ0v) is 40.6. The second-order valence-corrected chi connectivity index (χ2v) is 23.0. The highest BCUT2D eigenvalue weighted by atomic mass is 32.1. The Labute approximate surface area is 392 Å². The number of hydrogen-bond acceptors (Lipinski definition) is 7. The Bertz CT molecular complexity index is 2500. The normalized spacial score (nSPS) is 33.6. The van der Waals surface area contributed by atoms with E-state index in [1.807, 2.05) is 12.1 Å². The van der Waals surface area contributed by atoms with Gasteiger partial charge in [-0.15, -0.1) is 0 Å². The first-order valence-corrected chi connectivity index (χ1v) is 25.6. The monoisotopic (exact) mass is 892 g/mol. The fraction of sp³-hybridized carbons (Fsp3) is 0.544. The Morgan fingerprint density at radius 3 is 2.15 bits per heavy atom. The average molecular weight is 892 g/mol. The molecule has 10 rings (SSSR count). The number of unbranched alkanes of at least 4 members (excludes halogenated alkanes) is 1. The molecule has 3 aromatic carbocycles. The number of pyridine rings is 1. The number of aryl methyl sites for hydroxylation is 1. The van der Waals surface area contributed by atoms with Crippen molar-refractivity contribution in [3.05, 3.63) is 109 Å². The zero-order chi connectivity index (χ0) is 45.4. The van der Waals surface area contributed by atoms with Crippen molar-refractivity contribution >= 4 is 45.8 Å². The molecule has 5 saturated carbocycles. The third-order valence-electron chi connectivity index (χ3n) is 19.4. The molecule has 10 atom stereocenters. The first kappa shape index (κ1) is 44.4. The standard InChI is InChI=1S/C57H71N4O3S/c1-38(2)42-24-31-57(33-32-55(6)44(49(42)57)21-23-47-54(5)29-26-48(62)53(3,4)46(54)25-30-56(47,55)7)52(63)64-37-15-14-34-60-35-27-39(28-36-60)43-20-22-45(51-50(43)58-65-59-51)61(40-16-10-8-11-17-40)41-18-12-9-13-19-41/h8-13,16-20,22,27-28,35-36,42,44,46-49,62H,1,14-15,21,23-26,29-34,37H2,2-7H3/q+1/t42-,44+,46-,47+,48-,49+,54-,55+,56+,57-/m0/s1. The molecular formula is C57H71N4O3S+. The Kier molecular flexibility index (Phi) is 11.4. The number of rotatable bonds is 11. The zero-order valence-electron chi connectivity index (χ0n) is 39.8. The van der Waals surface area contributed by atoms with E-state index < -0.39 is 5.41 Å². The third-order valence-corrected chi connectivity index (χ3v) is 19.9. The summed E-state index contributed by atoms with van der Waals surface area (Å²) in [7, 11) is 0. The highest BCUT2D eigenvalue weighted by Gasteiger charge is 2.72. The van der Waals surface area contributed by atoms with Crippen molar-refractivity contribution in [2.45, 2.75) is 131 Å². The summed E-state index contributed by atoms with van der Waals surface area (Å²) in [6, 6.07) is 29.5. The molecule has 7 nitrogen and oxygen atoms in total. The van der Waals surface area contributed by atoms with E-state index in [2.05, 4.69) is 143 Å². The van der Waals surface area contributed by atoms with Crippen LogP contribution in [0.3, 0.4) is 0 Å². The van der Waals surface area contributed by atoms with Crippen LogP contribution >= 0.6 is 11.7 Å². The minimum absolute atomic E-state index is 0.0471. The number of aromatic nitrogens is 3. The molecule has 0 spiro atoms. The second-order valence-electron chi connectivity index (χ2n) is 22.5. The van der Waals surface area contributed by atoms with Gasteiger partial charge in [0.15, 0.2) is 12.4 Å². The summed E-state index contributed by atoms with van der Waals surface area (Å²) in [5.74, 6) is 2.45. The molecule has 5 aliphatic carbocycles. The Morgan fingerprint density at radius 1 is 0.769 bits per heavy atom. The van der Waals surface area contributed by atoms with Gasteiger partial charge >= 0.3 is 5.97 Å². The van der Waals surface area contributed by atoms with Crippen LogP contribution < -0.4 is 9.47 Å². The Balaban J connectivity index is 0.794. The maximum Gasteiger partial charge on any atom is 0.312 e. The largest absolute Gasteiger partial charge is 0.465 e. The fourth-order valence-electron chi connectivity index (χ4n) is 15.8. The van der Waals surface area contributed by atoms with E-state index in [4.69, 9.17) is 13.5 Å². The van der Waals surface area contributed by atoms with E-state index in [-0.39, 0.29) is 33.7 Å². The number of fused-ring (bicyclic) bond motifs is 8. The van der Waals surface area contributed by atoms with Crippen LogP contribution in [0.1, 0.15) is 119 Å². The summed E-state index contributed by atoms with van der Waals surface area (Å²) < 4.78 is 18.2. The number of carbonyl (C=O) groups is 1. The lowest BCUT2D eigenvalue weighted by molar-refractivity contribution is -0.697. The summed E-state index contributed by atoms with van der Waals surface area (Å²) in [6.07, 6.45) is 16.8. The van der Waals surface area contributed by atoms with Crippen LogP contribution in [0.2, 0.25) is 0 Å². The van der Waals surface area contributed by atoms with Gasteiger partial charge in [0.1, 0.15) is 17.6 Å². The number of anilines is 3. The highest BCUT2D eigenvalue weighted by molar-refractivity contribution is 7.00. The lowest BCUT2D eigenvalue weighted by Crippen LogP contribution is -2.67. The average Bonchev–Trinajstić information content (AvgIpc) is 3.96. The number of esters is 1. The van der Waals surface area contributed by atoms with Gasteiger partial charge in [0.2, 0.25) is 0 Å². The SMILES string of the molecule is C=C(C)[C@@H]1CC[C@]2(C(=O)OCCCC[n+]3ccc(-c4ccc(N(c5ccccc5)c5ccccc5)c5nsnc45)cc3)CC[C@]3(C)[C@H](CC[C@@H]4[C@@]5(C)CC[C@H](O)C(C)(C)[C@@H]5CC[C@]43C)[C@@H]12. The van der Waals surface area contributed by atoms with Crippen LogP contribution in [-0.4, -0.2) is 32.5 Å². The number of aliphatic hydroxyl groups is 1. The van der Waals surface area contributed by atoms with Crippen molar-refractivity contribution in [1.29, 1.82) is 0 Å². The van der Waals surface area contributed by atoms with Crippen molar-refractivity contribution in [1.82, 2.24) is 8.75 Å². The summed E-state index contributed by atoms with van der Waals surface area (Å²) >= 11 is 1.25. The Hall–Kier alpha value is -4.40. The molecular weight excluding hydrogens is 821 g/mol. The van der Waals surface area contributed by atoms with Gasteiger partial charge in [0, 0.05) is 35.5 Å². The van der Waals surface area contributed by atoms with E-state index in [1.165, 1.54) is 43.0 Å². The lowest BCUT2D eigenvalue weighted by Gasteiger charge is -2.72. The molecule has 0 bridgehead atoms. The number of para-hydroxylation sites is 2. The van der Waals surface area contributed by atoms with Crippen molar-refractivity contribution < 1.29 is 19.2 Å². The number of benzene rings is 3. The summed E-state index contributed by atoms with van der Waals surface area (Å²) in [5, 5.41) is 11.2. The van der Waals surface area contributed by atoms with Crippen LogP contribution in [0.5, 0.6) is 0 Å². The van der Waals surface area contributed by atoms with Crippen molar-refractivity contribution in [3.8, 4) is 11.1 Å². The third kappa shape index (κ3) is 7.04. The molecule has 0 amide bonds. The molecule has 5 aromatic rings. The first-order valence-electron chi connectivity index (χ1n) is 24.9. The molecule has 65 heavy (non-hydrogen) atoms. The maximum atomic E-state index is 14.6. The van der Waals surface area contributed by atoms with Crippen molar-refractivity contribution in [2.24, 2.45) is 56.7 Å². The maximum absolute atomic E-state index is 14.6. The number of allylic oxidation sites excluding steroid dienone is 1. The van der Waals surface area contributed by atoms with Gasteiger partial charge in [-0.1, -0.05) is 83.2 Å². The molecule has 1 N–H and O–H groups in total. The quantitative estimate of drug-likeness (QED) is 0.0616. The number of carbonyl (C=O) groups excluding carboxylic acids is 1. The summed E-state index contributed by atoms with van der Waals surface area (Å²) in [6.45, 7) is 20.7. The van der Waals surface area contributed by atoms with Gasteiger partial charge in [-0.3, -0.25) is 4.79 Å². The van der Waals surface area contributed by atoms with Gasteiger partial charge in [-0.25, -0.2) is 4.57 Å². The van der Waals surface area contributed by atoms with Gasteiger partial charge < -0.3 is 14.7 Å². The van der Waals surface area contributed by atoms with Crippen molar-refractivity contribution in [2.75, 3.05) is 11.5 Å². The van der Waals surface area contributed by atoms with E-state index in [1.54, 1.807) is 0 Å². The van der Waals surface area contributed by atoms with E-state index >= 15 is 0 Å². The summed E-state index contributed by atoms with van der Waals surface area (Å²) in [4.78, 5) is 16.9. The molecule has 2 aromatic heterocycles. The van der Waals surface area contributed by atoms with Gasteiger partial charge in [0.25, 0.3) is 0 Å². The highest BCUT2D eigenvalue weighted by Crippen LogP contribution is 2.77. The molecule has 5 aliphatic rings. The predicted octanol–water partition coefficient (Wildman–Crippen LogP) is 13.5. The smallest absolute Gasteiger partial charge is 0.312 e. The van der Waals surface area contributed by atoms with Gasteiger partial charge in [-0.05, 0) is 171 Å². The molecule has 0 saturated heterocycles. The van der Waals surface area contributed by atoms with Crippen LogP contribution in [-0.2, 0) is 16.1 Å². The molecule has 8 heteroatoms. The van der Waals surface area contributed by atoms with Crippen LogP contribution in [0.15, 0.2) is 109 Å². The minimum atomic E-state index is -0.405. The van der Waals surface area contributed by atoms with Crippen LogP contribution in [0, 0.1) is 56.7 Å². The minimum Gasteiger partial charge on any atom is -0.465 e. The van der Waals surface area contributed by atoms with Crippen molar-refractivity contribution in [3.63, 3.8) is 0 Å². The first-order chi connectivity index (χ1) is 31.2. The van der Waals surface area contributed by atoms with Gasteiger partial charge in [-0.2, -0.15) is 8.75 Å². The molecule has 0 unspecified atom stereocenters. The second kappa shape index (κ2) is 16.7. The molecule has 0 radical (unpaired) electrons. The number of nitrogens with zero attached hydrogens (tertiary/aromatic N) is 4. The van der Waals surface area contributed by atoms with Gasteiger partial charge in [0.05, 0.1) is 35.5 Å². The van der Waals surface area contributed by atoms with Crippen LogP contribution in [0.25, 0.3) is 22.2 Å². The van der Waals surface area contributed by atoms with E-state index in [9.17, 15) is 9.90 Å². The topological polar surface area (TPSA) is 79.4 Å². The predicted molar refractivity (Wildman–Crippen MR) is 263 cm³/mol. The molecule has 5 fully saturated rings. The number of ether oxygens (including phenoxy) is 1. The fourth-order valence-corrected chi connectivity index (χ4v) is 16.4.